The Hall–Kier alpha value is -0.842. The summed E-state index contributed by atoms with van der Waals surface area (Å²) in [4.78, 5) is 0.373. The van der Waals surface area contributed by atoms with E-state index in [1.165, 1.54) is 26.7 Å². The van der Waals surface area contributed by atoms with E-state index in [-0.39, 0.29) is 29.6 Å². The van der Waals surface area contributed by atoms with Crippen LogP contribution < -0.4 is 39.9 Å². The van der Waals surface area contributed by atoms with Gasteiger partial charge in [-0.25, -0.2) is 0 Å². The first-order valence-corrected chi connectivity index (χ1v) is 28.7. The average Bonchev–Trinajstić information content (AvgIpc) is 3.37. The van der Waals surface area contributed by atoms with E-state index in [1.807, 2.05) is 0 Å². The molecular formula is C37H59NaO6Si4. The van der Waals surface area contributed by atoms with Crippen molar-refractivity contribution in [2.45, 2.75) is 57.2 Å². The minimum atomic E-state index is -2.05. The van der Waals surface area contributed by atoms with E-state index in [2.05, 4.69) is 131 Å². The van der Waals surface area contributed by atoms with Crippen molar-refractivity contribution in [1.82, 2.24) is 0 Å². The largest absolute Gasteiger partial charge is 1.00 e. The predicted octanol–water partition coefficient (Wildman–Crippen LogP) is 4.58. The molecule has 0 atom stereocenters. The van der Waals surface area contributed by atoms with Gasteiger partial charge in [0.05, 0.1) is 47.7 Å². The molecule has 0 heterocycles. The number of hydrogen-bond donors (Lipinski definition) is 0. The first-order valence-electron chi connectivity index (χ1n) is 16.8. The number of hydrogen-bond acceptors (Lipinski definition) is 6. The van der Waals surface area contributed by atoms with Crippen LogP contribution in [0.5, 0.6) is 0 Å². The summed E-state index contributed by atoms with van der Waals surface area (Å²) in [6.45, 7) is 22.4. The summed E-state index contributed by atoms with van der Waals surface area (Å²) < 4.78 is 34.6. The molecule has 260 valence electrons. The van der Waals surface area contributed by atoms with Gasteiger partial charge in [-0.2, -0.15) is 0 Å². The minimum absolute atomic E-state index is 0. The molecule has 0 aromatic heterocycles. The van der Waals surface area contributed by atoms with Gasteiger partial charge in [-0.15, -0.1) is 38.9 Å². The molecule has 6 nitrogen and oxygen atoms in total. The zero-order valence-electron chi connectivity index (χ0n) is 31.8. The minimum Gasteiger partial charge on any atom is -0.415 e. The SMILES string of the molecule is COCCO[Si](C)(C)C([Si](C)(C)OCCOC)[Si](C)(C)OCCOC.C[Si](C)(c1ccccc1)[c-]1c2ccccc2c2ccccc21.[Na+]. The van der Waals surface area contributed by atoms with Crippen molar-refractivity contribution in [3.63, 3.8) is 0 Å². The molecule has 4 rings (SSSR count). The molecule has 4 aromatic rings. The zero-order chi connectivity index (χ0) is 34.7. The molecule has 0 saturated heterocycles. The maximum Gasteiger partial charge on any atom is 1.00 e. The second-order valence-corrected chi connectivity index (χ2v) is 32.5. The summed E-state index contributed by atoms with van der Waals surface area (Å²) in [6.07, 6.45) is 0. The number of ether oxygens (including phenoxy) is 3. The summed E-state index contributed by atoms with van der Waals surface area (Å²) >= 11 is 0. The molecule has 48 heavy (non-hydrogen) atoms. The molecule has 0 radical (unpaired) electrons. The summed E-state index contributed by atoms with van der Waals surface area (Å²) in [5, 5.41) is 8.73. The molecule has 0 N–H and O–H groups in total. The van der Waals surface area contributed by atoms with Crippen LogP contribution in [0.25, 0.3) is 21.5 Å². The second kappa shape index (κ2) is 19.7. The Morgan fingerprint density at radius 2 is 0.812 bits per heavy atom. The van der Waals surface area contributed by atoms with Crippen molar-refractivity contribution in [2.24, 2.45) is 0 Å². The van der Waals surface area contributed by atoms with Crippen LogP contribution in [-0.2, 0) is 27.5 Å². The van der Waals surface area contributed by atoms with Gasteiger partial charge in [-0.1, -0.05) is 85.0 Å². The van der Waals surface area contributed by atoms with Crippen molar-refractivity contribution in [1.29, 1.82) is 0 Å². The zero-order valence-corrected chi connectivity index (χ0v) is 37.8. The van der Waals surface area contributed by atoms with Gasteiger partial charge in [0.25, 0.3) is 0 Å². The number of benzene rings is 3. The quantitative estimate of drug-likeness (QED) is 0.0901. The Labute approximate surface area is 316 Å². The third-order valence-corrected chi connectivity index (χ3v) is 32.3. The molecule has 0 aliphatic heterocycles. The van der Waals surface area contributed by atoms with E-state index in [4.69, 9.17) is 27.5 Å². The number of methoxy groups -OCH3 is 3. The maximum atomic E-state index is 6.38. The average molecular weight is 735 g/mol. The van der Waals surface area contributed by atoms with Gasteiger partial charge in [0, 0.05) is 26.1 Å². The van der Waals surface area contributed by atoms with E-state index in [0.717, 1.165) is 0 Å². The fraction of sp³-hybridized carbons (Fsp3) is 0.486. The van der Waals surface area contributed by atoms with E-state index in [9.17, 15) is 0 Å². The fourth-order valence-electron chi connectivity index (χ4n) is 7.62. The van der Waals surface area contributed by atoms with E-state index in [0.29, 0.717) is 44.4 Å². The third kappa shape index (κ3) is 11.1. The van der Waals surface area contributed by atoms with Gasteiger partial charge in [0.1, 0.15) is 0 Å². The maximum absolute atomic E-state index is 6.38. The molecule has 11 heteroatoms. The molecule has 0 unspecified atom stereocenters. The van der Waals surface area contributed by atoms with Crippen molar-refractivity contribution in [2.75, 3.05) is 61.0 Å². The Bertz CT molecular complexity index is 1400. The first-order chi connectivity index (χ1) is 22.2. The van der Waals surface area contributed by atoms with Gasteiger partial charge in [-0.05, 0) is 39.3 Å². The van der Waals surface area contributed by atoms with Gasteiger partial charge in [-0.3, -0.25) is 0 Å². The first kappa shape index (κ1) is 43.3. The normalized spacial score (nSPS) is 12.7. The Morgan fingerprint density at radius 1 is 0.479 bits per heavy atom. The summed E-state index contributed by atoms with van der Waals surface area (Å²) in [6, 6.07) is 28.8. The number of fused-ring (bicyclic) bond motifs is 3. The monoisotopic (exact) mass is 734 g/mol. The van der Waals surface area contributed by atoms with E-state index in [1.54, 1.807) is 26.5 Å². The predicted molar refractivity (Wildman–Crippen MR) is 210 cm³/mol. The molecule has 4 aromatic carbocycles. The smallest absolute Gasteiger partial charge is 0.415 e. The summed E-state index contributed by atoms with van der Waals surface area (Å²) in [5.41, 5.74) is 0. The van der Waals surface area contributed by atoms with Crippen LogP contribution in [0.4, 0.5) is 0 Å². The van der Waals surface area contributed by atoms with Crippen molar-refractivity contribution in [3.05, 3.63) is 78.9 Å². The van der Waals surface area contributed by atoms with Crippen molar-refractivity contribution < 1.29 is 57.0 Å². The van der Waals surface area contributed by atoms with Crippen LogP contribution in [0.15, 0.2) is 78.9 Å². The second-order valence-electron chi connectivity index (χ2n) is 14.2. The standard InChI is InChI=1S/C21H19Si.C16H40O6Si3.Na/c1-22(2,16-10-4-3-5-11-16)21-19-14-8-6-12-17(19)18-13-7-9-15-20(18)21;1-17-10-13-20-23(4,5)16(24(6,7)21-14-11-18-2)25(8,9)22-15-12-19-3;/h3-15H,1-2H3;16H,10-15H2,1-9H3;/q-1;;+1. The molecule has 0 fully saturated rings. The fourth-order valence-corrected chi connectivity index (χ4v) is 34.6. The topological polar surface area (TPSA) is 55.4 Å². The van der Waals surface area contributed by atoms with E-state index >= 15 is 0 Å². The molecular weight excluding hydrogens is 676 g/mol. The Kier molecular flexibility index (Phi) is 17.8. The molecule has 0 bridgehead atoms. The van der Waals surface area contributed by atoms with Crippen LogP contribution in [0.3, 0.4) is 0 Å². The summed E-state index contributed by atoms with van der Waals surface area (Å²) in [7, 11) is -2.77. The Balaban J connectivity index is 0.000000327. The van der Waals surface area contributed by atoms with Gasteiger partial charge >= 0.3 is 29.6 Å². The van der Waals surface area contributed by atoms with Gasteiger partial charge in [0.2, 0.25) is 0 Å². The van der Waals surface area contributed by atoms with Crippen molar-refractivity contribution >= 4 is 64.9 Å². The summed E-state index contributed by atoms with van der Waals surface area (Å²) in [5.74, 6) is 0. The molecule has 0 saturated carbocycles. The van der Waals surface area contributed by atoms with Gasteiger partial charge < -0.3 is 27.5 Å². The molecule has 0 spiro atoms. The Morgan fingerprint density at radius 3 is 1.17 bits per heavy atom. The van der Waals surface area contributed by atoms with Gasteiger partial charge in [0.15, 0.2) is 25.0 Å². The third-order valence-electron chi connectivity index (χ3n) is 9.17. The molecule has 0 aliphatic carbocycles. The van der Waals surface area contributed by atoms with Crippen LogP contribution in [0.1, 0.15) is 0 Å². The van der Waals surface area contributed by atoms with Crippen LogP contribution >= 0.6 is 0 Å². The molecule has 0 aliphatic rings. The van der Waals surface area contributed by atoms with Crippen LogP contribution in [-0.4, -0.2) is 94.0 Å². The van der Waals surface area contributed by atoms with Crippen LogP contribution in [0, 0.1) is 0 Å². The van der Waals surface area contributed by atoms with E-state index < -0.39 is 33.0 Å². The molecule has 0 amide bonds. The van der Waals surface area contributed by atoms with Crippen molar-refractivity contribution in [3.8, 4) is 0 Å². The number of rotatable bonds is 17. The van der Waals surface area contributed by atoms with Crippen LogP contribution in [0.2, 0.25) is 57.2 Å².